The van der Waals surface area contributed by atoms with E-state index < -0.39 is 0 Å². The summed E-state index contributed by atoms with van der Waals surface area (Å²) in [4.78, 5) is 11.7. The van der Waals surface area contributed by atoms with Gasteiger partial charge in [0.25, 0.3) is 0 Å². The molecule has 16 heavy (non-hydrogen) atoms. The lowest BCUT2D eigenvalue weighted by Crippen LogP contribution is -1.94. The Balaban J connectivity index is 2.18. The van der Waals surface area contributed by atoms with Gasteiger partial charge in [-0.2, -0.15) is 0 Å². The second-order valence-corrected chi connectivity index (χ2v) is 3.60. The van der Waals surface area contributed by atoms with Crippen molar-refractivity contribution in [2.45, 2.75) is 0 Å². The Morgan fingerprint density at radius 2 is 2.00 bits per heavy atom. The predicted octanol–water partition coefficient (Wildman–Crippen LogP) is 3.83. The molecule has 0 saturated carbocycles. The van der Waals surface area contributed by atoms with Crippen LogP contribution >= 0.6 is 11.6 Å². The normalized spacial score (nSPS) is 10.8. The van der Waals surface area contributed by atoms with Crippen LogP contribution in [0.5, 0.6) is 0 Å². The lowest BCUT2D eigenvalue weighted by atomic mass is 10.1. The summed E-state index contributed by atoms with van der Waals surface area (Å²) < 4.78 is 5.08. The molecule has 2 aromatic rings. The number of rotatable bonds is 3. The van der Waals surface area contributed by atoms with Gasteiger partial charge >= 0.3 is 0 Å². The van der Waals surface area contributed by atoms with Gasteiger partial charge < -0.3 is 4.42 Å². The van der Waals surface area contributed by atoms with Gasteiger partial charge in [-0.05, 0) is 36.4 Å². The fourth-order valence-corrected chi connectivity index (χ4v) is 1.52. The first-order valence-electron chi connectivity index (χ1n) is 4.78. The van der Waals surface area contributed by atoms with Gasteiger partial charge in [0.05, 0.1) is 11.3 Å². The molecule has 0 aliphatic heterocycles. The first-order chi connectivity index (χ1) is 7.77. The Morgan fingerprint density at radius 1 is 1.19 bits per heavy atom. The minimum atomic E-state index is -0.137. The summed E-state index contributed by atoms with van der Waals surface area (Å²) in [5, 5.41) is 0.455. The zero-order chi connectivity index (χ0) is 11.4. The maximum atomic E-state index is 11.7. The van der Waals surface area contributed by atoms with Crippen LogP contribution in [0.25, 0.3) is 6.08 Å². The summed E-state index contributed by atoms with van der Waals surface area (Å²) in [5.41, 5.74) is 0.493. The minimum absolute atomic E-state index is 0.137. The SMILES string of the molecule is O=C(/C=C/c1ccco1)c1ccccc1Cl. The molecule has 0 saturated heterocycles. The molecule has 0 N–H and O–H groups in total. The smallest absolute Gasteiger partial charge is 0.187 e. The third-order valence-corrected chi connectivity index (χ3v) is 2.41. The summed E-state index contributed by atoms with van der Waals surface area (Å²) >= 11 is 5.90. The van der Waals surface area contributed by atoms with Crippen molar-refractivity contribution in [2.75, 3.05) is 0 Å². The zero-order valence-corrected chi connectivity index (χ0v) is 9.15. The fourth-order valence-electron chi connectivity index (χ4n) is 1.29. The molecule has 3 heteroatoms. The summed E-state index contributed by atoms with van der Waals surface area (Å²) in [7, 11) is 0. The highest BCUT2D eigenvalue weighted by molar-refractivity contribution is 6.34. The molecule has 2 nitrogen and oxygen atoms in total. The Kier molecular flexibility index (Phi) is 3.22. The standard InChI is InChI=1S/C13H9ClO2/c14-12-6-2-1-5-11(12)13(15)8-7-10-4-3-9-16-10/h1-9H/b8-7+. The number of carbonyl (C=O) groups is 1. The van der Waals surface area contributed by atoms with E-state index in [4.69, 9.17) is 16.0 Å². The Morgan fingerprint density at radius 3 is 2.69 bits per heavy atom. The third kappa shape index (κ3) is 2.41. The number of halogens is 1. The number of ketones is 1. The average molecular weight is 233 g/mol. The van der Waals surface area contributed by atoms with Crippen LogP contribution in [-0.4, -0.2) is 5.78 Å². The van der Waals surface area contributed by atoms with Crippen molar-refractivity contribution in [3.8, 4) is 0 Å². The molecular weight excluding hydrogens is 224 g/mol. The highest BCUT2D eigenvalue weighted by Crippen LogP contribution is 2.16. The minimum Gasteiger partial charge on any atom is -0.465 e. The van der Waals surface area contributed by atoms with Gasteiger partial charge in [0.1, 0.15) is 5.76 Å². The molecule has 1 heterocycles. The van der Waals surface area contributed by atoms with Crippen LogP contribution in [0.2, 0.25) is 5.02 Å². The second kappa shape index (κ2) is 4.81. The highest BCUT2D eigenvalue weighted by Gasteiger charge is 2.05. The van der Waals surface area contributed by atoms with Crippen LogP contribution in [0.15, 0.2) is 53.2 Å². The summed E-state index contributed by atoms with van der Waals surface area (Å²) in [5.74, 6) is 0.502. The molecule has 0 radical (unpaired) electrons. The summed E-state index contributed by atoms with van der Waals surface area (Å²) in [6.07, 6.45) is 4.62. The molecule has 0 aliphatic rings. The second-order valence-electron chi connectivity index (χ2n) is 3.19. The van der Waals surface area contributed by atoms with Crippen LogP contribution in [0, 0.1) is 0 Å². The highest BCUT2D eigenvalue weighted by atomic mass is 35.5. The average Bonchev–Trinajstić information content (AvgIpc) is 2.79. The zero-order valence-electron chi connectivity index (χ0n) is 8.39. The molecule has 0 spiro atoms. The molecule has 0 aliphatic carbocycles. The molecule has 0 fully saturated rings. The van der Waals surface area contributed by atoms with E-state index in [0.717, 1.165) is 0 Å². The van der Waals surface area contributed by atoms with Gasteiger partial charge in [0.2, 0.25) is 0 Å². The topological polar surface area (TPSA) is 30.2 Å². The first-order valence-corrected chi connectivity index (χ1v) is 5.15. The first kappa shape index (κ1) is 10.7. The predicted molar refractivity (Wildman–Crippen MR) is 63.5 cm³/mol. The number of hydrogen-bond acceptors (Lipinski definition) is 2. The van der Waals surface area contributed by atoms with E-state index >= 15 is 0 Å². The van der Waals surface area contributed by atoms with Gasteiger partial charge in [-0.1, -0.05) is 23.7 Å². The fraction of sp³-hybridized carbons (Fsp3) is 0. The Labute approximate surface area is 98.2 Å². The summed E-state index contributed by atoms with van der Waals surface area (Å²) in [6.45, 7) is 0. The van der Waals surface area contributed by atoms with Gasteiger partial charge in [-0.3, -0.25) is 4.79 Å². The van der Waals surface area contributed by atoms with E-state index in [1.807, 2.05) is 0 Å². The molecule has 80 valence electrons. The van der Waals surface area contributed by atoms with Gasteiger partial charge in [0, 0.05) is 5.56 Å². The maximum Gasteiger partial charge on any atom is 0.187 e. The monoisotopic (exact) mass is 232 g/mol. The molecular formula is C13H9ClO2. The van der Waals surface area contributed by atoms with Crippen molar-refractivity contribution < 1.29 is 9.21 Å². The molecule has 1 aromatic carbocycles. The number of benzene rings is 1. The van der Waals surface area contributed by atoms with Crippen molar-refractivity contribution >= 4 is 23.5 Å². The third-order valence-electron chi connectivity index (χ3n) is 2.08. The maximum absolute atomic E-state index is 11.7. The van der Waals surface area contributed by atoms with Crippen molar-refractivity contribution in [1.29, 1.82) is 0 Å². The largest absolute Gasteiger partial charge is 0.465 e. The van der Waals surface area contributed by atoms with Crippen LogP contribution in [0.3, 0.4) is 0 Å². The lowest BCUT2D eigenvalue weighted by Gasteiger charge is -1.97. The van der Waals surface area contributed by atoms with Crippen LogP contribution in [0.4, 0.5) is 0 Å². The van der Waals surface area contributed by atoms with E-state index in [-0.39, 0.29) is 5.78 Å². The van der Waals surface area contributed by atoms with E-state index in [9.17, 15) is 4.79 Å². The number of hydrogen-bond donors (Lipinski definition) is 0. The molecule has 0 atom stereocenters. The lowest BCUT2D eigenvalue weighted by molar-refractivity contribution is 0.104. The molecule has 0 bridgehead atoms. The van der Waals surface area contributed by atoms with Crippen LogP contribution in [-0.2, 0) is 0 Å². The number of allylic oxidation sites excluding steroid dienone is 1. The van der Waals surface area contributed by atoms with Crippen LogP contribution in [0.1, 0.15) is 16.1 Å². The molecule has 2 rings (SSSR count). The summed E-state index contributed by atoms with van der Waals surface area (Å²) in [6, 6.07) is 10.5. The van der Waals surface area contributed by atoms with E-state index in [2.05, 4.69) is 0 Å². The van der Waals surface area contributed by atoms with Crippen molar-refractivity contribution in [3.63, 3.8) is 0 Å². The molecule has 0 unspecified atom stereocenters. The van der Waals surface area contributed by atoms with Gasteiger partial charge in [0.15, 0.2) is 5.78 Å². The Bertz CT molecular complexity index is 512. The van der Waals surface area contributed by atoms with Crippen molar-refractivity contribution in [1.82, 2.24) is 0 Å². The number of carbonyl (C=O) groups excluding carboxylic acids is 1. The van der Waals surface area contributed by atoms with Crippen molar-refractivity contribution in [3.05, 3.63) is 65.1 Å². The van der Waals surface area contributed by atoms with Gasteiger partial charge in [-0.15, -0.1) is 0 Å². The molecule has 0 amide bonds. The Hall–Kier alpha value is -1.80. The number of furan rings is 1. The van der Waals surface area contributed by atoms with E-state index in [0.29, 0.717) is 16.3 Å². The van der Waals surface area contributed by atoms with Crippen LogP contribution < -0.4 is 0 Å². The van der Waals surface area contributed by atoms with E-state index in [1.165, 1.54) is 6.08 Å². The van der Waals surface area contributed by atoms with Crippen molar-refractivity contribution in [2.24, 2.45) is 0 Å². The van der Waals surface area contributed by atoms with E-state index in [1.54, 1.807) is 48.7 Å². The quantitative estimate of drug-likeness (QED) is 0.595. The van der Waals surface area contributed by atoms with Gasteiger partial charge in [-0.25, -0.2) is 0 Å². The molecule has 1 aromatic heterocycles.